The highest BCUT2D eigenvalue weighted by Gasteiger charge is 2.44. The predicted octanol–water partition coefficient (Wildman–Crippen LogP) is 0.000600. The molecule has 0 aromatic rings. The largest absolute Gasteiger partial charge is 0.325 e. The summed E-state index contributed by atoms with van der Waals surface area (Å²) >= 11 is 0. The van der Waals surface area contributed by atoms with E-state index in [2.05, 4.69) is 15.5 Å². The van der Waals surface area contributed by atoms with Crippen molar-refractivity contribution in [2.45, 2.75) is 38.3 Å². The van der Waals surface area contributed by atoms with Crippen molar-refractivity contribution in [1.82, 2.24) is 20.4 Å². The van der Waals surface area contributed by atoms with E-state index in [1.807, 2.05) is 0 Å². The molecule has 6 heteroatoms. The number of fused-ring (bicyclic) bond motifs is 1. The molecule has 0 saturated carbocycles. The third-order valence-corrected chi connectivity index (χ3v) is 4.82. The van der Waals surface area contributed by atoms with E-state index in [0.717, 1.165) is 32.1 Å². The number of hydrogen-bond acceptors (Lipinski definition) is 4. The van der Waals surface area contributed by atoms with Crippen LogP contribution in [0.1, 0.15) is 26.7 Å². The van der Waals surface area contributed by atoms with Crippen LogP contribution in [0, 0.1) is 5.92 Å². The van der Waals surface area contributed by atoms with Gasteiger partial charge in [0.2, 0.25) is 0 Å². The van der Waals surface area contributed by atoms with Gasteiger partial charge in [-0.25, -0.2) is 4.79 Å². The van der Waals surface area contributed by atoms with Crippen molar-refractivity contribution < 1.29 is 9.59 Å². The highest BCUT2D eigenvalue weighted by atomic mass is 16.2. The summed E-state index contributed by atoms with van der Waals surface area (Å²) in [6.45, 7) is 8.07. The van der Waals surface area contributed by atoms with Crippen molar-refractivity contribution >= 4 is 11.9 Å². The second-order valence-electron chi connectivity index (χ2n) is 6.71. The van der Waals surface area contributed by atoms with Gasteiger partial charge in [-0.1, -0.05) is 0 Å². The molecule has 3 rings (SSSR count). The zero-order valence-electron chi connectivity index (χ0n) is 12.3. The van der Waals surface area contributed by atoms with E-state index in [1.54, 1.807) is 13.8 Å². The minimum atomic E-state index is -0.751. The number of imide groups is 1. The van der Waals surface area contributed by atoms with Crippen LogP contribution in [0.2, 0.25) is 0 Å². The molecule has 0 aromatic heterocycles. The smallest absolute Gasteiger partial charge is 0.324 e. The molecule has 20 heavy (non-hydrogen) atoms. The Morgan fingerprint density at radius 2 is 2.05 bits per heavy atom. The van der Waals surface area contributed by atoms with Crippen LogP contribution in [-0.2, 0) is 4.79 Å². The molecule has 3 fully saturated rings. The van der Waals surface area contributed by atoms with Gasteiger partial charge in [-0.05, 0) is 45.7 Å². The molecule has 2 N–H and O–H groups in total. The van der Waals surface area contributed by atoms with Crippen molar-refractivity contribution in [2.24, 2.45) is 5.92 Å². The third-order valence-electron chi connectivity index (χ3n) is 4.82. The van der Waals surface area contributed by atoms with Crippen LogP contribution in [0.3, 0.4) is 0 Å². The van der Waals surface area contributed by atoms with Gasteiger partial charge in [-0.2, -0.15) is 0 Å². The average molecular weight is 280 g/mol. The first kappa shape index (κ1) is 13.8. The summed E-state index contributed by atoms with van der Waals surface area (Å²) in [6, 6.07) is 0.430. The molecule has 3 aliphatic heterocycles. The number of nitrogens with one attached hydrogen (secondary N) is 2. The van der Waals surface area contributed by atoms with Crippen molar-refractivity contribution in [3.63, 3.8) is 0 Å². The van der Waals surface area contributed by atoms with Gasteiger partial charge in [0.1, 0.15) is 5.54 Å². The summed E-state index contributed by atoms with van der Waals surface area (Å²) in [7, 11) is 0. The van der Waals surface area contributed by atoms with Gasteiger partial charge in [0.15, 0.2) is 0 Å². The molecule has 112 valence electrons. The van der Waals surface area contributed by atoms with Gasteiger partial charge >= 0.3 is 6.03 Å². The highest BCUT2D eigenvalue weighted by molar-refractivity contribution is 6.06. The first-order chi connectivity index (χ1) is 9.47. The molecule has 0 aliphatic carbocycles. The predicted molar refractivity (Wildman–Crippen MR) is 75.3 cm³/mol. The molecular formula is C14H24N4O2. The molecule has 0 bridgehead atoms. The number of piperidine rings is 1. The van der Waals surface area contributed by atoms with E-state index < -0.39 is 5.54 Å². The second kappa shape index (κ2) is 5.00. The van der Waals surface area contributed by atoms with E-state index in [9.17, 15) is 9.59 Å². The minimum Gasteiger partial charge on any atom is -0.324 e. The molecule has 2 unspecified atom stereocenters. The number of rotatable bonds is 3. The van der Waals surface area contributed by atoms with E-state index in [0.29, 0.717) is 12.6 Å². The fraction of sp³-hybridized carbons (Fsp3) is 0.857. The van der Waals surface area contributed by atoms with Crippen LogP contribution in [0.5, 0.6) is 0 Å². The maximum Gasteiger partial charge on any atom is 0.325 e. The Balaban J connectivity index is 1.52. The van der Waals surface area contributed by atoms with Crippen molar-refractivity contribution in [2.75, 3.05) is 32.7 Å². The maximum atomic E-state index is 12.1. The number of likely N-dealkylation sites (tertiary alicyclic amines) is 1. The quantitative estimate of drug-likeness (QED) is 0.714. The summed E-state index contributed by atoms with van der Waals surface area (Å²) < 4.78 is 0. The second-order valence-corrected chi connectivity index (χ2v) is 6.71. The highest BCUT2D eigenvalue weighted by Crippen LogP contribution is 2.24. The lowest BCUT2D eigenvalue weighted by Gasteiger charge is -2.35. The fourth-order valence-electron chi connectivity index (χ4n) is 3.59. The lowest BCUT2D eigenvalue weighted by molar-refractivity contribution is -0.130. The Bertz CT molecular complexity index is 423. The summed E-state index contributed by atoms with van der Waals surface area (Å²) in [4.78, 5) is 27.7. The molecule has 3 aliphatic rings. The van der Waals surface area contributed by atoms with Gasteiger partial charge in [-0.15, -0.1) is 0 Å². The molecule has 3 heterocycles. The Hall–Kier alpha value is -1.14. The molecule has 2 atom stereocenters. The Labute approximate surface area is 119 Å². The van der Waals surface area contributed by atoms with Gasteiger partial charge in [0.25, 0.3) is 5.91 Å². The lowest BCUT2D eigenvalue weighted by atomic mass is 9.93. The van der Waals surface area contributed by atoms with Crippen LogP contribution in [0.25, 0.3) is 0 Å². The van der Waals surface area contributed by atoms with E-state index in [-0.39, 0.29) is 11.9 Å². The van der Waals surface area contributed by atoms with E-state index in [1.165, 1.54) is 17.7 Å². The fourth-order valence-corrected chi connectivity index (χ4v) is 3.59. The third kappa shape index (κ3) is 2.42. The first-order valence-electron chi connectivity index (χ1n) is 7.57. The average Bonchev–Trinajstić information content (AvgIpc) is 2.91. The van der Waals surface area contributed by atoms with Crippen LogP contribution in [-0.4, -0.2) is 66.0 Å². The Kier molecular flexibility index (Phi) is 3.46. The van der Waals surface area contributed by atoms with E-state index >= 15 is 0 Å². The normalized spacial score (nSPS) is 33.4. The number of amides is 3. The molecule has 3 saturated heterocycles. The van der Waals surface area contributed by atoms with Crippen LogP contribution >= 0.6 is 0 Å². The number of urea groups is 1. The summed E-state index contributed by atoms with van der Waals surface area (Å²) in [5.41, 5.74) is -0.751. The summed E-state index contributed by atoms with van der Waals surface area (Å²) in [5, 5.41) is 6.27. The molecule has 0 spiro atoms. The molecule has 0 radical (unpaired) electrons. The first-order valence-corrected chi connectivity index (χ1v) is 7.57. The summed E-state index contributed by atoms with van der Waals surface area (Å²) in [6.07, 6.45) is 2.42. The zero-order chi connectivity index (χ0) is 14.3. The number of carbonyl (C=O) groups is 2. The van der Waals surface area contributed by atoms with Crippen molar-refractivity contribution in [1.29, 1.82) is 0 Å². The topological polar surface area (TPSA) is 64.7 Å². The van der Waals surface area contributed by atoms with Gasteiger partial charge in [-0.3, -0.25) is 9.69 Å². The van der Waals surface area contributed by atoms with Crippen LogP contribution < -0.4 is 10.6 Å². The standard InChI is InChI=1S/C14H24N4O2/c1-14(2)12(19)18(13(20)16-14)8-7-17-6-4-11-10(9-17)3-5-15-11/h10-11,15H,3-9H2,1-2H3,(H,16,20). The number of nitrogens with zero attached hydrogens (tertiary/aromatic N) is 2. The van der Waals surface area contributed by atoms with Crippen LogP contribution in [0.4, 0.5) is 4.79 Å². The zero-order valence-corrected chi connectivity index (χ0v) is 12.3. The SMILES string of the molecule is CC1(C)NC(=O)N(CCN2CCC3NCCC3C2)C1=O. The number of carbonyl (C=O) groups excluding carboxylic acids is 2. The molecule has 6 nitrogen and oxygen atoms in total. The van der Waals surface area contributed by atoms with Gasteiger partial charge < -0.3 is 15.5 Å². The van der Waals surface area contributed by atoms with Crippen molar-refractivity contribution in [3.05, 3.63) is 0 Å². The van der Waals surface area contributed by atoms with Crippen LogP contribution in [0.15, 0.2) is 0 Å². The van der Waals surface area contributed by atoms with Gasteiger partial charge in [0.05, 0.1) is 0 Å². The molecular weight excluding hydrogens is 256 g/mol. The van der Waals surface area contributed by atoms with Gasteiger partial charge in [0, 0.05) is 25.7 Å². The Morgan fingerprint density at radius 3 is 2.75 bits per heavy atom. The van der Waals surface area contributed by atoms with E-state index in [4.69, 9.17) is 0 Å². The molecule has 3 amide bonds. The number of hydrogen-bond donors (Lipinski definition) is 2. The minimum absolute atomic E-state index is 0.111. The summed E-state index contributed by atoms with van der Waals surface area (Å²) in [5.74, 6) is 0.628. The van der Waals surface area contributed by atoms with Crippen molar-refractivity contribution in [3.8, 4) is 0 Å². The lowest BCUT2D eigenvalue weighted by Crippen LogP contribution is -2.47. The Morgan fingerprint density at radius 1 is 1.25 bits per heavy atom. The molecule has 0 aromatic carbocycles. The monoisotopic (exact) mass is 280 g/mol. The maximum absolute atomic E-state index is 12.1.